The van der Waals surface area contributed by atoms with Crippen molar-refractivity contribution in [1.82, 2.24) is 15.0 Å². The van der Waals surface area contributed by atoms with E-state index in [-0.39, 0.29) is 0 Å². The second kappa shape index (κ2) is 5.97. The molecular weight excluding hydrogens is 262 g/mol. The molecule has 0 aliphatic carbocycles. The van der Waals surface area contributed by atoms with Crippen LogP contribution in [0.3, 0.4) is 0 Å². The van der Waals surface area contributed by atoms with Crippen LogP contribution in [0.25, 0.3) is 22.2 Å². The Morgan fingerprint density at radius 1 is 1.14 bits per heavy atom. The molecule has 0 aliphatic heterocycles. The van der Waals surface area contributed by atoms with Crippen LogP contribution in [0.1, 0.15) is 18.3 Å². The van der Waals surface area contributed by atoms with E-state index >= 15 is 0 Å². The molecule has 4 nitrogen and oxygen atoms in total. The van der Waals surface area contributed by atoms with Gasteiger partial charge in [0.15, 0.2) is 5.82 Å². The van der Waals surface area contributed by atoms with Gasteiger partial charge in [-0.1, -0.05) is 18.2 Å². The van der Waals surface area contributed by atoms with E-state index < -0.39 is 0 Å². The van der Waals surface area contributed by atoms with E-state index in [1.807, 2.05) is 31.5 Å². The van der Waals surface area contributed by atoms with Gasteiger partial charge in [-0.3, -0.25) is 4.98 Å². The second-order valence-electron chi connectivity index (χ2n) is 4.87. The predicted octanol–water partition coefficient (Wildman–Crippen LogP) is 3.54. The lowest BCUT2D eigenvalue weighted by molar-refractivity contribution is 0.128. The van der Waals surface area contributed by atoms with Crippen molar-refractivity contribution in [2.24, 2.45) is 0 Å². The smallest absolute Gasteiger partial charge is 0.154 e. The molecule has 0 radical (unpaired) electrons. The zero-order valence-electron chi connectivity index (χ0n) is 12.2. The molecule has 0 spiro atoms. The molecule has 0 amide bonds. The molecule has 3 aromatic rings. The summed E-state index contributed by atoms with van der Waals surface area (Å²) < 4.78 is 5.37. The topological polar surface area (TPSA) is 47.9 Å². The first kappa shape index (κ1) is 13.6. The first-order chi connectivity index (χ1) is 10.3. The Morgan fingerprint density at radius 2 is 2.05 bits per heavy atom. The van der Waals surface area contributed by atoms with Crippen LogP contribution in [-0.4, -0.2) is 21.6 Å². The summed E-state index contributed by atoms with van der Waals surface area (Å²) >= 11 is 0. The van der Waals surface area contributed by atoms with Crippen molar-refractivity contribution in [3.05, 3.63) is 54.1 Å². The zero-order chi connectivity index (χ0) is 14.7. The van der Waals surface area contributed by atoms with E-state index in [0.29, 0.717) is 19.0 Å². The van der Waals surface area contributed by atoms with Gasteiger partial charge in [-0.2, -0.15) is 0 Å². The van der Waals surface area contributed by atoms with Crippen molar-refractivity contribution in [3.63, 3.8) is 0 Å². The van der Waals surface area contributed by atoms with Crippen molar-refractivity contribution in [1.29, 1.82) is 0 Å². The third-order valence-corrected chi connectivity index (χ3v) is 3.35. The normalized spacial score (nSPS) is 11.0. The Labute approximate surface area is 123 Å². The van der Waals surface area contributed by atoms with Gasteiger partial charge in [-0.25, -0.2) is 9.97 Å². The largest absolute Gasteiger partial charge is 0.374 e. The molecule has 21 heavy (non-hydrogen) atoms. The Morgan fingerprint density at radius 3 is 2.86 bits per heavy atom. The molecule has 2 aromatic heterocycles. The maximum absolute atomic E-state index is 5.37. The molecule has 0 unspecified atom stereocenters. The Hall–Kier alpha value is -2.33. The highest BCUT2D eigenvalue weighted by atomic mass is 16.5. The minimum absolute atomic E-state index is 0.444. The van der Waals surface area contributed by atoms with Crippen molar-refractivity contribution in [2.45, 2.75) is 20.5 Å². The van der Waals surface area contributed by atoms with Gasteiger partial charge in [0.2, 0.25) is 0 Å². The predicted molar refractivity (Wildman–Crippen MR) is 82.8 cm³/mol. The average molecular weight is 279 g/mol. The van der Waals surface area contributed by atoms with Gasteiger partial charge in [-0.15, -0.1) is 0 Å². The molecule has 0 N–H and O–H groups in total. The highest BCUT2D eigenvalue weighted by Crippen LogP contribution is 2.24. The van der Waals surface area contributed by atoms with E-state index in [0.717, 1.165) is 27.7 Å². The van der Waals surface area contributed by atoms with Gasteiger partial charge in [0.1, 0.15) is 6.61 Å². The van der Waals surface area contributed by atoms with Crippen molar-refractivity contribution < 1.29 is 4.74 Å². The minimum atomic E-state index is 0.444. The van der Waals surface area contributed by atoms with Crippen LogP contribution in [-0.2, 0) is 11.3 Å². The summed E-state index contributed by atoms with van der Waals surface area (Å²) in [5, 5.41) is 1.02. The molecule has 0 bridgehead atoms. The lowest BCUT2D eigenvalue weighted by Gasteiger charge is -2.07. The monoisotopic (exact) mass is 279 g/mol. The van der Waals surface area contributed by atoms with Gasteiger partial charge in [0.25, 0.3) is 0 Å². The SMILES string of the molecule is CCOCc1ncc2ccc(-c3ncccc3C)cc2n1. The Kier molecular flexibility index (Phi) is 3.88. The molecular formula is C17H17N3O. The molecule has 0 atom stereocenters. The molecule has 4 heteroatoms. The lowest BCUT2D eigenvalue weighted by Crippen LogP contribution is -1.99. The summed E-state index contributed by atoms with van der Waals surface area (Å²) in [6.45, 7) is 5.13. The summed E-state index contributed by atoms with van der Waals surface area (Å²) in [7, 11) is 0. The summed E-state index contributed by atoms with van der Waals surface area (Å²) in [6, 6.07) is 10.2. The van der Waals surface area contributed by atoms with Gasteiger partial charge >= 0.3 is 0 Å². The minimum Gasteiger partial charge on any atom is -0.374 e. The third-order valence-electron chi connectivity index (χ3n) is 3.35. The standard InChI is InChI=1S/C17H17N3O/c1-3-21-11-16-19-10-14-7-6-13(9-15(14)20-16)17-12(2)5-4-8-18-17/h4-10H,3,11H2,1-2H3. The van der Waals surface area contributed by atoms with E-state index in [9.17, 15) is 0 Å². The number of ether oxygens (including phenoxy) is 1. The molecule has 106 valence electrons. The van der Waals surface area contributed by atoms with Crippen molar-refractivity contribution in [3.8, 4) is 11.3 Å². The quantitative estimate of drug-likeness (QED) is 0.733. The number of benzene rings is 1. The highest BCUT2D eigenvalue weighted by molar-refractivity contribution is 5.83. The molecule has 1 aromatic carbocycles. The zero-order valence-corrected chi connectivity index (χ0v) is 12.2. The van der Waals surface area contributed by atoms with Crippen molar-refractivity contribution in [2.75, 3.05) is 6.61 Å². The number of fused-ring (bicyclic) bond motifs is 1. The highest BCUT2D eigenvalue weighted by Gasteiger charge is 2.06. The number of rotatable bonds is 4. The number of nitrogens with zero attached hydrogens (tertiary/aromatic N) is 3. The van der Waals surface area contributed by atoms with E-state index in [2.05, 4.69) is 40.1 Å². The molecule has 0 saturated heterocycles. The molecule has 2 heterocycles. The van der Waals surface area contributed by atoms with E-state index in [1.54, 1.807) is 0 Å². The molecule has 3 rings (SSSR count). The summed E-state index contributed by atoms with van der Waals surface area (Å²) in [6.07, 6.45) is 3.65. The van der Waals surface area contributed by atoms with Gasteiger partial charge in [-0.05, 0) is 31.5 Å². The van der Waals surface area contributed by atoms with Crippen LogP contribution >= 0.6 is 0 Å². The fourth-order valence-corrected chi connectivity index (χ4v) is 2.26. The van der Waals surface area contributed by atoms with Crippen LogP contribution < -0.4 is 0 Å². The average Bonchev–Trinajstić information content (AvgIpc) is 2.52. The fraction of sp³-hybridized carbons (Fsp3) is 0.235. The molecule has 0 aliphatic rings. The lowest BCUT2D eigenvalue weighted by atomic mass is 10.1. The molecule has 0 fully saturated rings. The van der Waals surface area contributed by atoms with Crippen LogP contribution in [0.2, 0.25) is 0 Å². The number of hydrogen-bond donors (Lipinski definition) is 0. The summed E-state index contributed by atoms with van der Waals surface area (Å²) in [4.78, 5) is 13.3. The maximum Gasteiger partial charge on any atom is 0.154 e. The first-order valence-corrected chi connectivity index (χ1v) is 7.03. The number of hydrogen-bond acceptors (Lipinski definition) is 4. The molecule has 0 saturated carbocycles. The van der Waals surface area contributed by atoms with E-state index in [1.165, 1.54) is 0 Å². The third kappa shape index (κ3) is 2.90. The van der Waals surface area contributed by atoms with Gasteiger partial charge in [0, 0.05) is 30.0 Å². The van der Waals surface area contributed by atoms with E-state index in [4.69, 9.17) is 4.74 Å². The Bertz CT molecular complexity index is 771. The van der Waals surface area contributed by atoms with Crippen LogP contribution in [0, 0.1) is 6.92 Å². The Balaban J connectivity index is 2.04. The number of aryl methyl sites for hydroxylation is 1. The summed E-state index contributed by atoms with van der Waals surface area (Å²) in [5.41, 5.74) is 4.13. The first-order valence-electron chi connectivity index (χ1n) is 7.03. The number of aromatic nitrogens is 3. The summed E-state index contributed by atoms with van der Waals surface area (Å²) in [5.74, 6) is 0.708. The van der Waals surface area contributed by atoms with Gasteiger partial charge < -0.3 is 4.74 Å². The fourth-order valence-electron chi connectivity index (χ4n) is 2.26. The van der Waals surface area contributed by atoms with Crippen LogP contribution in [0.4, 0.5) is 0 Å². The number of pyridine rings is 1. The maximum atomic E-state index is 5.37. The van der Waals surface area contributed by atoms with Crippen LogP contribution in [0.15, 0.2) is 42.7 Å². The van der Waals surface area contributed by atoms with Crippen LogP contribution in [0.5, 0.6) is 0 Å². The van der Waals surface area contributed by atoms with Crippen molar-refractivity contribution >= 4 is 10.9 Å². The second-order valence-corrected chi connectivity index (χ2v) is 4.87. The van der Waals surface area contributed by atoms with Gasteiger partial charge in [0.05, 0.1) is 11.2 Å².